The predicted octanol–water partition coefficient (Wildman–Crippen LogP) is 3.45. The van der Waals surface area contributed by atoms with Gasteiger partial charge in [-0.15, -0.1) is 11.6 Å². The normalized spacial score (nSPS) is 16.1. The van der Waals surface area contributed by atoms with Crippen molar-refractivity contribution in [2.24, 2.45) is 5.92 Å². The highest BCUT2D eigenvalue weighted by Crippen LogP contribution is 2.34. The van der Waals surface area contributed by atoms with E-state index in [2.05, 4.69) is 0 Å². The number of alkyl halides is 1. The van der Waals surface area contributed by atoms with Crippen LogP contribution in [0.1, 0.15) is 43.3 Å². The van der Waals surface area contributed by atoms with Gasteiger partial charge in [-0.2, -0.15) is 4.31 Å². The van der Waals surface area contributed by atoms with E-state index in [1.54, 1.807) is 18.2 Å². The van der Waals surface area contributed by atoms with Gasteiger partial charge in [0, 0.05) is 18.7 Å². The molecule has 0 atom stereocenters. The standard InChI is InChI=1S/C14H22ClNO3S/c1-4-7-16(9-12-5-6-12)20(17,18)14-11(3)19-10(2)13(14)8-15/h12H,4-9H2,1-3H3. The summed E-state index contributed by atoms with van der Waals surface area (Å²) in [7, 11) is -3.52. The second-order valence-electron chi connectivity index (χ2n) is 5.46. The summed E-state index contributed by atoms with van der Waals surface area (Å²) in [6, 6.07) is 0. The summed E-state index contributed by atoms with van der Waals surface area (Å²) in [5.41, 5.74) is 0.598. The van der Waals surface area contributed by atoms with Crippen LogP contribution in [0.3, 0.4) is 0 Å². The molecule has 1 heterocycles. The van der Waals surface area contributed by atoms with Gasteiger partial charge in [-0.3, -0.25) is 0 Å². The molecule has 0 N–H and O–H groups in total. The van der Waals surface area contributed by atoms with Gasteiger partial charge in [-0.25, -0.2) is 8.42 Å². The van der Waals surface area contributed by atoms with Crippen LogP contribution in [-0.2, 0) is 15.9 Å². The number of nitrogens with zero attached hydrogens (tertiary/aromatic N) is 1. The van der Waals surface area contributed by atoms with Gasteiger partial charge in [0.1, 0.15) is 16.4 Å². The molecule has 114 valence electrons. The highest BCUT2D eigenvalue weighted by atomic mass is 35.5. The minimum absolute atomic E-state index is 0.154. The van der Waals surface area contributed by atoms with Gasteiger partial charge < -0.3 is 4.42 Å². The first kappa shape index (κ1) is 15.9. The lowest BCUT2D eigenvalue weighted by Crippen LogP contribution is -2.34. The second kappa shape index (κ2) is 6.08. The van der Waals surface area contributed by atoms with Crippen LogP contribution < -0.4 is 0 Å². The Bertz CT molecular complexity index is 575. The van der Waals surface area contributed by atoms with Crippen molar-refractivity contribution in [1.29, 1.82) is 0 Å². The third-order valence-corrected chi connectivity index (χ3v) is 6.02. The Morgan fingerprint density at radius 1 is 1.30 bits per heavy atom. The maximum atomic E-state index is 12.9. The number of aryl methyl sites for hydroxylation is 2. The van der Waals surface area contributed by atoms with Crippen molar-refractivity contribution < 1.29 is 12.8 Å². The molecule has 0 saturated heterocycles. The minimum Gasteiger partial charge on any atom is -0.465 e. The molecular formula is C14H22ClNO3S. The number of halogens is 1. The molecule has 1 aliphatic rings. The number of hydrogen-bond donors (Lipinski definition) is 0. The fourth-order valence-electron chi connectivity index (χ4n) is 2.48. The zero-order chi connectivity index (χ0) is 14.9. The molecule has 0 bridgehead atoms. The summed E-state index contributed by atoms with van der Waals surface area (Å²) in [5.74, 6) is 1.71. The van der Waals surface area contributed by atoms with Crippen LogP contribution in [0.2, 0.25) is 0 Å². The van der Waals surface area contributed by atoms with Crippen LogP contribution in [0.5, 0.6) is 0 Å². The molecule has 20 heavy (non-hydrogen) atoms. The summed E-state index contributed by atoms with van der Waals surface area (Å²) in [6.07, 6.45) is 3.06. The molecule has 1 fully saturated rings. The highest BCUT2D eigenvalue weighted by Gasteiger charge is 2.35. The molecule has 0 radical (unpaired) electrons. The Balaban J connectivity index is 2.40. The summed E-state index contributed by atoms with van der Waals surface area (Å²) < 4.78 is 32.9. The predicted molar refractivity (Wildman–Crippen MR) is 79.5 cm³/mol. The monoisotopic (exact) mass is 319 g/mol. The first-order valence-corrected chi connectivity index (χ1v) is 9.04. The van der Waals surface area contributed by atoms with Crippen molar-refractivity contribution in [3.63, 3.8) is 0 Å². The first-order valence-electron chi connectivity index (χ1n) is 7.06. The van der Waals surface area contributed by atoms with Gasteiger partial charge >= 0.3 is 0 Å². The van der Waals surface area contributed by atoms with Crippen LogP contribution in [0.15, 0.2) is 9.31 Å². The number of furan rings is 1. The SMILES string of the molecule is CCCN(CC1CC1)S(=O)(=O)c1c(C)oc(C)c1CCl. The first-order chi connectivity index (χ1) is 9.41. The average molecular weight is 320 g/mol. The van der Waals surface area contributed by atoms with E-state index in [0.29, 0.717) is 36.1 Å². The maximum Gasteiger partial charge on any atom is 0.246 e. The van der Waals surface area contributed by atoms with E-state index in [1.165, 1.54) is 0 Å². The molecule has 0 aromatic carbocycles. The highest BCUT2D eigenvalue weighted by molar-refractivity contribution is 7.89. The molecule has 1 aromatic heterocycles. The molecule has 0 amide bonds. The van der Waals surface area contributed by atoms with Crippen molar-refractivity contribution in [3.8, 4) is 0 Å². The fourth-order valence-corrected chi connectivity index (χ4v) is 4.90. The van der Waals surface area contributed by atoms with Crippen molar-refractivity contribution >= 4 is 21.6 Å². The second-order valence-corrected chi connectivity index (χ2v) is 7.60. The largest absolute Gasteiger partial charge is 0.465 e. The van der Waals surface area contributed by atoms with Crippen molar-refractivity contribution in [2.75, 3.05) is 13.1 Å². The van der Waals surface area contributed by atoms with E-state index < -0.39 is 10.0 Å². The van der Waals surface area contributed by atoms with Crippen LogP contribution in [0, 0.1) is 19.8 Å². The van der Waals surface area contributed by atoms with Crippen LogP contribution in [0.25, 0.3) is 0 Å². The molecule has 2 rings (SSSR count). The average Bonchev–Trinajstić information content (AvgIpc) is 3.13. The molecule has 1 aromatic rings. The van der Waals surface area contributed by atoms with Crippen molar-refractivity contribution in [1.82, 2.24) is 4.31 Å². The zero-order valence-electron chi connectivity index (χ0n) is 12.3. The van der Waals surface area contributed by atoms with Gasteiger partial charge in [-0.1, -0.05) is 6.92 Å². The van der Waals surface area contributed by atoms with Gasteiger partial charge in [-0.05, 0) is 39.0 Å². The molecule has 0 unspecified atom stereocenters. The van der Waals surface area contributed by atoms with Crippen molar-refractivity contribution in [2.45, 2.75) is 50.8 Å². The minimum atomic E-state index is -3.52. The Morgan fingerprint density at radius 2 is 1.95 bits per heavy atom. The van der Waals surface area contributed by atoms with Crippen LogP contribution >= 0.6 is 11.6 Å². The topological polar surface area (TPSA) is 50.5 Å². The molecule has 1 aliphatic carbocycles. The third-order valence-electron chi connectivity index (χ3n) is 3.69. The molecule has 0 aliphatic heterocycles. The van der Waals surface area contributed by atoms with E-state index >= 15 is 0 Å². The summed E-state index contributed by atoms with van der Waals surface area (Å²) in [5, 5.41) is 0. The fraction of sp³-hybridized carbons (Fsp3) is 0.714. The molecule has 4 nitrogen and oxygen atoms in total. The molecule has 6 heteroatoms. The van der Waals surface area contributed by atoms with Crippen LogP contribution in [-0.4, -0.2) is 25.8 Å². The van der Waals surface area contributed by atoms with Gasteiger partial charge in [0.2, 0.25) is 10.0 Å². The Labute approximate surface area is 126 Å². The van der Waals surface area contributed by atoms with Gasteiger partial charge in [0.25, 0.3) is 0 Å². The quantitative estimate of drug-likeness (QED) is 0.723. The third kappa shape index (κ3) is 3.05. The van der Waals surface area contributed by atoms with E-state index in [1.807, 2.05) is 6.92 Å². The maximum absolute atomic E-state index is 12.9. The smallest absolute Gasteiger partial charge is 0.246 e. The molecular weight excluding hydrogens is 298 g/mol. The number of rotatable bonds is 7. The van der Waals surface area contributed by atoms with E-state index in [-0.39, 0.29) is 10.8 Å². The Morgan fingerprint density at radius 3 is 2.45 bits per heavy atom. The summed E-state index contributed by atoms with van der Waals surface area (Å²) >= 11 is 5.91. The number of hydrogen-bond acceptors (Lipinski definition) is 3. The van der Waals surface area contributed by atoms with Crippen molar-refractivity contribution in [3.05, 3.63) is 17.1 Å². The zero-order valence-corrected chi connectivity index (χ0v) is 13.9. The summed E-state index contributed by atoms with van der Waals surface area (Å²) in [6.45, 7) is 6.60. The van der Waals surface area contributed by atoms with Gasteiger partial charge in [0.05, 0.1) is 5.88 Å². The lowest BCUT2D eigenvalue weighted by molar-refractivity contribution is 0.394. The lowest BCUT2D eigenvalue weighted by atomic mass is 10.3. The number of sulfonamides is 1. The Hall–Kier alpha value is -0.520. The van der Waals surface area contributed by atoms with Crippen LogP contribution in [0.4, 0.5) is 0 Å². The van der Waals surface area contributed by atoms with Gasteiger partial charge in [0.15, 0.2) is 0 Å². The van der Waals surface area contributed by atoms with E-state index in [9.17, 15) is 8.42 Å². The molecule has 1 saturated carbocycles. The summed E-state index contributed by atoms with van der Waals surface area (Å²) in [4.78, 5) is 0.277. The van der Waals surface area contributed by atoms with E-state index in [0.717, 1.165) is 19.3 Å². The van der Waals surface area contributed by atoms with E-state index in [4.69, 9.17) is 16.0 Å². The lowest BCUT2D eigenvalue weighted by Gasteiger charge is -2.21. The molecule has 0 spiro atoms. The Kier molecular flexibility index (Phi) is 4.82.